The number of benzene rings is 1. The Bertz CT molecular complexity index is 309. The standard InChI is InChI=1S/C9H13N3S/c1-7-3-2-4-8(5-7)6-13-9(10)12-11/h2-5H,6,11H2,1H3,(H2,10,12). The van der Waals surface area contributed by atoms with Crippen LogP contribution >= 0.6 is 11.8 Å². The zero-order valence-corrected chi connectivity index (χ0v) is 8.34. The van der Waals surface area contributed by atoms with Gasteiger partial charge in [-0.2, -0.15) is 5.10 Å². The predicted octanol–water partition coefficient (Wildman–Crippen LogP) is 1.42. The van der Waals surface area contributed by atoms with Gasteiger partial charge >= 0.3 is 0 Å². The zero-order chi connectivity index (χ0) is 9.68. The van der Waals surface area contributed by atoms with Gasteiger partial charge in [-0.05, 0) is 12.5 Å². The van der Waals surface area contributed by atoms with Gasteiger partial charge in [-0.1, -0.05) is 41.6 Å². The van der Waals surface area contributed by atoms with Gasteiger partial charge in [0.15, 0.2) is 5.17 Å². The van der Waals surface area contributed by atoms with E-state index in [0.29, 0.717) is 5.17 Å². The molecule has 0 bridgehead atoms. The molecule has 0 fully saturated rings. The predicted molar refractivity (Wildman–Crippen MR) is 58.3 cm³/mol. The van der Waals surface area contributed by atoms with Gasteiger partial charge in [0.25, 0.3) is 0 Å². The van der Waals surface area contributed by atoms with E-state index in [-0.39, 0.29) is 0 Å². The molecule has 0 atom stereocenters. The molecular weight excluding hydrogens is 182 g/mol. The van der Waals surface area contributed by atoms with Crippen LogP contribution in [0.15, 0.2) is 29.4 Å². The van der Waals surface area contributed by atoms with Crippen molar-refractivity contribution in [1.82, 2.24) is 0 Å². The van der Waals surface area contributed by atoms with E-state index in [4.69, 9.17) is 11.6 Å². The fraction of sp³-hybridized carbons (Fsp3) is 0.222. The Kier molecular flexibility index (Phi) is 3.64. The minimum Gasteiger partial charge on any atom is -0.377 e. The summed E-state index contributed by atoms with van der Waals surface area (Å²) in [5.41, 5.74) is 7.93. The Hall–Kier alpha value is -1.16. The van der Waals surface area contributed by atoms with Crippen LogP contribution in [0.1, 0.15) is 11.1 Å². The molecule has 13 heavy (non-hydrogen) atoms. The Morgan fingerprint density at radius 1 is 1.54 bits per heavy atom. The minimum absolute atomic E-state index is 0.418. The number of hydrogen-bond donors (Lipinski definition) is 2. The second kappa shape index (κ2) is 4.77. The number of hydrazone groups is 1. The largest absolute Gasteiger partial charge is 0.377 e. The van der Waals surface area contributed by atoms with Gasteiger partial charge in [0.1, 0.15) is 0 Å². The van der Waals surface area contributed by atoms with Crippen molar-refractivity contribution in [3.8, 4) is 0 Å². The van der Waals surface area contributed by atoms with Gasteiger partial charge < -0.3 is 11.6 Å². The average Bonchev–Trinajstić information content (AvgIpc) is 2.14. The number of thioether (sulfide) groups is 1. The van der Waals surface area contributed by atoms with Gasteiger partial charge in [-0.25, -0.2) is 0 Å². The van der Waals surface area contributed by atoms with Crippen LogP contribution in [0.5, 0.6) is 0 Å². The summed E-state index contributed by atoms with van der Waals surface area (Å²) < 4.78 is 0. The summed E-state index contributed by atoms with van der Waals surface area (Å²) in [6.07, 6.45) is 0. The molecule has 0 amide bonds. The van der Waals surface area contributed by atoms with Crippen LogP contribution in [-0.2, 0) is 5.75 Å². The molecule has 0 aromatic heterocycles. The van der Waals surface area contributed by atoms with Crippen LogP contribution < -0.4 is 11.6 Å². The summed E-state index contributed by atoms with van der Waals surface area (Å²) in [6.45, 7) is 2.06. The van der Waals surface area contributed by atoms with Crippen LogP contribution in [-0.4, -0.2) is 5.17 Å². The SMILES string of the molecule is Cc1cccc(CSC(N)=NN)c1. The van der Waals surface area contributed by atoms with Crippen LogP contribution in [0, 0.1) is 6.92 Å². The topological polar surface area (TPSA) is 64.4 Å². The maximum atomic E-state index is 5.45. The molecule has 0 heterocycles. The van der Waals surface area contributed by atoms with E-state index in [9.17, 15) is 0 Å². The molecule has 0 aliphatic carbocycles. The highest BCUT2D eigenvalue weighted by Gasteiger charge is 1.96. The van der Waals surface area contributed by atoms with E-state index < -0.39 is 0 Å². The fourth-order valence-electron chi connectivity index (χ4n) is 0.996. The molecule has 0 saturated heterocycles. The van der Waals surface area contributed by atoms with Crippen molar-refractivity contribution < 1.29 is 0 Å². The first kappa shape index (κ1) is 9.92. The molecule has 0 spiro atoms. The molecule has 4 heteroatoms. The van der Waals surface area contributed by atoms with Crippen molar-refractivity contribution in [2.24, 2.45) is 16.7 Å². The molecule has 0 aliphatic rings. The Morgan fingerprint density at radius 3 is 2.92 bits per heavy atom. The van der Waals surface area contributed by atoms with Crippen LogP contribution in [0.25, 0.3) is 0 Å². The monoisotopic (exact) mass is 195 g/mol. The first-order valence-electron chi connectivity index (χ1n) is 3.94. The highest BCUT2D eigenvalue weighted by atomic mass is 32.2. The van der Waals surface area contributed by atoms with Crippen molar-refractivity contribution in [2.75, 3.05) is 0 Å². The normalized spacial score (nSPS) is 11.6. The van der Waals surface area contributed by atoms with Crippen LogP contribution in [0.4, 0.5) is 0 Å². The number of nitrogens with zero attached hydrogens (tertiary/aromatic N) is 1. The molecule has 1 aromatic carbocycles. The Balaban J connectivity index is 2.55. The van der Waals surface area contributed by atoms with Gasteiger partial charge in [0.05, 0.1) is 0 Å². The summed E-state index contributed by atoms with van der Waals surface area (Å²) in [5, 5.41) is 3.80. The molecule has 0 aliphatic heterocycles. The van der Waals surface area contributed by atoms with E-state index in [1.165, 1.54) is 22.9 Å². The lowest BCUT2D eigenvalue weighted by atomic mass is 10.2. The van der Waals surface area contributed by atoms with Gasteiger partial charge in [-0.15, -0.1) is 0 Å². The third-order valence-corrected chi connectivity index (χ3v) is 2.48. The second-order valence-corrected chi connectivity index (χ2v) is 3.74. The highest BCUT2D eigenvalue weighted by molar-refractivity contribution is 8.13. The third-order valence-electron chi connectivity index (χ3n) is 1.60. The Morgan fingerprint density at radius 2 is 2.31 bits per heavy atom. The average molecular weight is 195 g/mol. The smallest absolute Gasteiger partial charge is 0.177 e. The van der Waals surface area contributed by atoms with E-state index in [2.05, 4.69) is 30.2 Å². The van der Waals surface area contributed by atoms with Crippen molar-refractivity contribution in [3.63, 3.8) is 0 Å². The van der Waals surface area contributed by atoms with Crippen LogP contribution in [0.3, 0.4) is 0 Å². The third kappa shape index (κ3) is 3.38. The van der Waals surface area contributed by atoms with Crippen LogP contribution in [0.2, 0.25) is 0 Å². The quantitative estimate of drug-likeness (QED) is 0.324. The molecule has 0 radical (unpaired) electrons. The van der Waals surface area contributed by atoms with E-state index >= 15 is 0 Å². The Labute approximate surface area is 82.2 Å². The number of aryl methyl sites for hydroxylation is 1. The van der Waals surface area contributed by atoms with E-state index in [0.717, 1.165) is 5.75 Å². The van der Waals surface area contributed by atoms with Crippen molar-refractivity contribution in [2.45, 2.75) is 12.7 Å². The second-order valence-electron chi connectivity index (χ2n) is 2.75. The van der Waals surface area contributed by atoms with Crippen molar-refractivity contribution >= 4 is 16.9 Å². The summed E-state index contributed by atoms with van der Waals surface area (Å²) >= 11 is 1.44. The molecule has 1 rings (SSSR count). The van der Waals surface area contributed by atoms with Crippen molar-refractivity contribution in [3.05, 3.63) is 35.4 Å². The van der Waals surface area contributed by atoms with E-state index in [1.807, 2.05) is 6.07 Å². The highest BCUT2D eigenvalue weighted by Crippen LogP contribution is 2.12. The molecular formula is C9H13N3S. The lowest BCUT2D eigenvalue weighted by molar-refractivity contribution is 1.25. The summed E-state index contributed by atoms with van der Waals surface area (Å²) in [4.78, 5) is 0. The van der Waals surface area contributed by atoms with Gasteiger partial charge in [0, 0.05) is 5.75 Å². The van der Waals surface area contributed by atoms with E-state index in [1.54, 1.807) is 0 Å². The molecule has 3 nitrogen and oxygen atoms in total. The number of hydrogen-bond acceptors (Lipinski definition) is 3. The maximum absolute atomic E-state index is 5.45. The molecule has 0 unspecified atom stereocenters. The molecule has 70 valence electrons. The number of rotatable bonds is 2. The number of amidine groups is 1. The summed E-state index contributed by atoms with van der Waals surface area (Å²) in [5.74, 6) is 5.82. The zero-order valence-electron chi connectivity index (χ0n) is 7.53. The van der Waals surface area contributed by atoms with Crippen molar-refractivity contribution in [1.29, 1.82) is 0 Å². The minimum atomic E-state index is 0.418. The number of nitrogens with two attached hydrogens (primary N) is 2. The fourth-order valence-corrected chi connectivity index (χ4v) is 1.57. The summed E-state index contributed by atoms with van der Waals surface area (Å²) in [6, 6.07) is 8.27. The first-order chi connectivity index (χ1) is 6.22. The molecule has 4 N–H and O–H groups in total. The summed E-state index contributed by atoms with van der Waals surface area (Å²) in [7, 11) is 0. The lowest BCUT2D eigenvalue weighted by Gasteiger charge is -2.01. The molecule has 1 aromatic rings. The molecule has 0 saturated carbocycles. The van der Waals surface area contributed by atoms with Gasteiger partial charge in [0.2, 0.25) is 0 Å². The first-order valence-corrected chi connectivity index (χ1v) is 4.92. The maximum Gasteiger partial charge on any atom is 0.177 e. The lowest BCUT2D eigenvalue weighted by Crippen LogP contribution is -2.09. The van der Waals surface area contributed by atoms with Gasteiger partial charge in [-0.3, -0.25) is 0 Å².